The number of carbonyl (C=O) groups excluding carboxylic acids is 2. The molecule has 2 N–H and O–H groups in total. The molecule has 1 fully saturated rings. The Hall–Kier alpha value is -3.03. The molecule has 0 atom stereocenters. The van der Waals surface area contributed by atoms with Gasteiger partial charge in [0.05, 0.1) is 11.1 Å². The molecule has 166 valence electrons. The highest BCUT2D eigenvalue weighted by molar-refractivity contribution is 6.06. The summed E-state index contributed by atoms with van der Waals surface area (Å²) in [4.78, 5) is 27.5. The van der Waals surface area contributed by atoms with Gasteiger partial charge in [0.25, 0.3) is 11.8 Å². The van der Waals surface area contributed by atoms with E-state index in [-0.39, 0.29) is 11.5 Å². The predicted octanol–water partition coefficient (Wildman–Crippen LogP) is 5.09. The van der Waals surface area contributed by atoms with Crippen molar-refractivity contribution in [3.8, 4) is 0 Å². The normalized spacial score (nSPS) is 14.3. The SMILES string of the molecule is CCCNC(=O)c1cc(NC(=O)c2cccc(C(F)(F)F)c2)ccc1N1CCCCC1. The molecule has 0 saturated carbocycles. The fourth-order valence-electron chi connectivity index (χ4n) is 3.58. The second kappa shape index (κ2) is 9.85. The van der Waals surface area contributed by atoms with E-state index in [2.05, 4.69) is 15.5 Å². The average Bonchev–Trinajstić information content (AvgIpc) is 2.77. The van der Waals surface area contributed by atoms with Gasteiger partial charge in [-0.15, -0.1) is 0 Å². The Morgan fingerprint density at radius 3 is 2.42 bits per heavy atom. The Morgan fingerprint density at radius 1 is 1.00 bits per heavy atom. The van der Waals surface area contributed by atoms with Crippen LogP contribution in [0.15, 0.2) is 42.5 Å². The number of amides is 2. The molecule has 1 saturated heterocycles. The number of carbonyl (C=O) groups is 2. The van der Waals surface area contributed by atoms with Crippen molar-refractivity contribution in [1.29, 1.82) is 0 Å². The summed E-state index contributed by atoms with van der Waals surface area (Å²) in [5.41, 5.74) is 0.597. The molecule has 2 aromatic rings. The van der Waals surface area contributed by atoms with Crippen LogP contribution in [0.25, 0.3) is 0 Å². The van der Waals surface area contributed by atoms with Crippen molar-refractivity contribution in [3.05, 3.63) is 59.2 Å². The first-order valence-electron chi connectivity index (χ1n) is 10.5. The second-order valence-electron chi connectivity index (χ2n) is 7.57. The molecule has 31 heavy (non-hydrogen) atoms. The maximum Gasteiger partial charge on any atom is 0.416 e. The fraction of sp³-hybridized carbons (Fsp3) is 0.391. The predicted molar refractivity (Wildman–Crippen MR) is 115 cm³/mol. The van der Waals surface area contributed by atoms with E-state index >= 15 is 0 Å². The minimum absolute atomic E-state index is 0.105. The largest absolute Gasteiger partial charge is 0.416 e. The third-order valence-electron chi connectivity index (χ3n) is 5.18. The van der Waals surface area contributed by atoms with Crippen LogP contribution < -0.4 is 15.5 Å². The van der Waals surface area contributed by atoms with Gasteiger partial charge in [-0.1, -0.05) is 13.0 Å². The van der Waals surface area contributed by atoms with Gasteiger partial charge in [0.2, 0.25) is 0 Å². The number of nitrogens with zero attached hydrogens (tertiary/aromatic N) is 1. The first kappa shape index (κ1) is 22.7. The minimum atomic E-state index is -4.53. The smallest absolute Gasteiger partial charge is 0.371 e. The highest BCUT2D eigenvalue weighted by atomic mass is 19.4. The molecule has 2 aromatic carbocycles. The van der Waals surface area contributed by atoms with Gasteiger partial charge in [0.15, 0.2) is 0 Å². The fourth-order valence-corrected chi connectivity index (χ4v) is 3.58. The van der Waals surface area contributed by atoms with Gasteiger partial charge in [0, 0.05) is 36.6 Å². The molecular weight excluding hydrogens is 407 g/mol. The maximum atomic E-state index is 12.9. The maximum absolute atomic E-state index is 12.9. The van der Waals surface area contributed by atoms with Crippen LogP contribution in [-0.2, 0) is 6.18 Å². The number of piperidine rings is 1. The Balaban J connectivity index is 1.86. The van der Waals surface area contributed by atoms with Gasteiger partial charge in [-0.3, -0.25) is 9.59 Å². The molecule has 0 unspecified atom stereocenters. The Kier molecular flexibility index (Phi) is 7.20. The number of halogens is 3. The van der Waals surface area contributed by atoms with Gasteiger partial charge in [0.1, 0.15) is 0 Å². The van der Waals surface area contributed by atoms with Crippen LogP contribution in [0, 0.1) is 0 Å². The van der Waals surface area contributed by atoms with E-state index < -0.39 is 17.6 Å². The number of alkyl halides is 3. The van der Waals surface area contributed by atoms with Crippen molar-refractivity contribution in [2.75, 3.05) is 29.9 Å². The Bertz CT molecular complexity index is 938. The average molecular weight is 433 g/mol. The van der Waals surface area contributed by atoms with Crippen molar-refractivity contribution in [2.45, 2.75) is 38.8 Å². The first-order valence-corrected chi connectivity index (χ1v) is 10.5. The topological polar surface area (TPSA) is 61.4 Å². The van der Waals surface area contributed by atoms with Gasteiger partial charge in [-0.05, 0) is 62.1 Å². The molecule has 0 radical (unpaired) electrons. The molecule has 1 heterocycles. The summed E-state index contributed by atoms with van der Waals surface area (Å²) in [5, 5.41) is 5.47. The lowest BCUT2D eigenvalue weighted by Crippen LogP contribution is -2.33. The molecular formula is C23H26F3N3O2. The molecule has 1 aliphatic heterocycles. The van der Waals surface area contributed by atoms with Crippen LogP contribution in [0.1, 0.15) is 58.9 Å². The number of rotatable bonds is 6. The summed E-state index contributed by atoms with van der Waals surface area (Å²) in [5.74, 6) is -0.908. The van der Waals surface area contributed by atoms with E-state index in [1.807, 2.05) is 6.92 Å². The van der Waals surface area contributed by atoms with Crippen molar-refractivity contribution in [3.63, 3.8) is 0 Å². The monoisotopic (exact) mass is 433 g/mol. The molecule has 0 bridgehead atoms. The number of hydrogen-bond donors (Lipinski definition) is 2. The molecule has 8 heteroatoms. The van der Waals surface area contributed by atoms with Crippen molar-refractivity contribution < 1.29 is 22.8 Å². The van der Waals surface area contributed by atoms with Crippen LogP contribution in [0.5, 0.6) is 0 Å². The Morgan fingerprint density at radius 2 is 1.74 bits per heavy atom. The molecule has 0 aliphatic carbocycles. The zero-order valence-corrected chi connectivity index (χ0v) is 17.4. The standard InChI is InChI=1S/C23H26F3N3O2/c1-2-11-27-22(31)19-15-18(9-10-20(19)29-12-4-3-5-13-29)28-21(30)16-7-6-8-17(14-16)23(24,25)26/h6-10,14-15H,2-5,11-13H2,1H3,(H,27,31)(H,28,30). The Labute approximate surface area is 179 Å². The van der Waals surface area contributed by atoms with E-state index in [0.29, 0.717) is 17.8 Å². The van der Waals surface area contributed by atoms with Gasteiger partial charge in [-0.2, -0.15) is 13.2 Å². The summed E-state index contributed by atoms with van der Waals surface area (Å²) >= 11 is 0. The van der Waals surface area contributed by atoms with Crippen LogP contribution in [0.2, 0.25) is 0 Å². The second-order valence-corrected chi connectivity index (χ2v) is 7.57. The van der Waals surface area contributed by atoms with E-state index in [9.17, 15) is 22.8 Å². The number of nitrogens with one attached hydrogen (secondary N) is 2. The summed E-state index contributed by atoms with van der Waals surface area (Å²) in [7, 11) is 0. The van der Waals surface area contributed by atoms with Gasteiger partial charge < -0.3 is 15.5 Å². The number of hydrogen-bond acceptors (Lipinski definition) is 3. The number of anilines is 2. The van der Waals surface area contributed by atoms with Crippen LogP contribution in [0.4, 0.5) is 24.5 Å². The van der Waals surface area contributed by atoms with Crippen molar-refractivity contribution in [1.82, 2.24) is 5.32 Å². The van der Waals surface area contributed by atoms with E-state index in [1.54, 1.807) is 18.2 Å². The van der Waals surface area contributed by atoms with Gasteiger partial charge >= 0.3 is 6.18 Å². The van der Waals surface area contributed by atoms with E-state index in [0.717, 1.165) is 56.6 Å². The zero-order valence-electron chi connectivity index (χ0n) is 17.4. The summed E-state index contributed by atoms with van der Waals surface area (Å²) in [6, 6.07) is 9.29. The van der Waals surface area contributed by atoms with Gasteiger partial charge in [-0.25, -0.2) is 0 Å². The molecule has 2 amide bonds. The highest BCUT2D eigenvalue weighted by Crippen LogP contribution is 2.30. The molecule has 0 spiro atoms. The molecule has 3 rings (SSSR count). The summed E-state index contributed by atoms with van der Waals surface area (Å²) < 4.78 is 38.8. The number of benzene rings is 2. The lowest BCUT2D eigenvalue weighted by Gasteiger charge is -2.30. The van der Waals surface area contributed by atoms with Crippen molar-refractivity contribution in [2.24, 2.45) is 0 Å². The third-order valence-corrected chi connectivity index (χ3v) is 5.18. The minimum Gasteiger partial charge on any atom is -0.371 e. The lowest BCUT2D eigenvalue weighted by molar-refractivity contribution is -0.137. The summed E-state index contributed by atoms with van der Waals surface area (Å²) in [6.45, 7) is 4.19. The third kappa shape index (κ3) is 5.77. The van der Waals surface area contributed by atoms with E-state index in [1.165, 1.54) is 12.1 Å². The van der Waals surface area contributed by atoms with Crippen LogP contribution in [-0.4, -0.2) is 31.4 Å². The van der Waals surface area contributed by atoms with E-state index in [4.69, 9.17) is 0 Å². The molecule has 1 aliphatic rings. The van der Waals surface area contributed by atoms with Crippen LogP contribution in [0.3, 0.4) is 0 Å². The highest BCUT2D eigenvalue weighted by Gasteiger charge is 2.31. The zero-order chi connectivity index (χ0) is 22.4. The molecule has 0 aromatic heterocycles. The summed E-state index contributed by atoms with van der Waals surface area (Å²) in [6.07, 6.45) is -0.499. The first-order chi connectivity index (χ1) is 14.8. The van der Waals surface area contributed by atoms with Crippen molar-refractivity contribution >= 4 is 23.2 Å². The quantitative estimate of drug-likeness (QED) is 0.667. The molecule has 5 nitrogen and oxygen atoms in total. The van der Waals surface area contributed by atoms with Crippen LogP contribution >= 0.6 is 0 Å². The lowest BCUT2D eigenvalue weighted by atomic mass is 10.1.